The van der Waals surface area contributed by atoms with Crippen LogP contribution in [0.15, 0.2) is 4.99 Å². The van der Waals surface area contributed by atoms with Gasteiger partial charge in [-0.15, -0.1) is 24.0 Å². The number of nitrogens with one attached hydrogen (secondary N) is 2. The van der Waals surface area contributed by atoms with Gasteiger partial charge in [-0.1, -0.05) is 19.8 Å². The van der Waals surface area contributed by atoms with E-state index >= 15 is 0 Å². The van der Waals surface area contributed by atoms with Gasteiger partial charge in [0.05, 0.1) is 6.26 Å². The van der Waals surface area contributed by atoms with Gasteiger partial charge in [-0.2, -0.15) is 0 Å². The third-order valence-electron chi connectivity index (χ3n) is 5.55. The second-order valence-corrected chi connectivity index (χ2v) is 9.75. The van der Waals surface area contributed by atoms with Gasteiger partial charge in [-0.3, -0.25) is 9.79 Å². The van der Waals surface area contributed by atoms with E-state index in [4.69, 9.17) is 0 Å². The summed E-state index contributed by atoms with van der Waals surface area (Å²) in [6, 6.07) is 0.214. The van der Waals surface area contributed by atoms with Crippen molar-refractivity contribution >= 4 is 45.9 Å². The number of halogens is 1. The molecule has 0 aromatic rings. The molecule has 2 N–H and O–H groups in total. The number of rotatable bonds is 9. The highest BCUT2D eigenvalue weighted by Crippen LogP contribution is 2.27. The Bertz CT molecular complexity index is 638. The molecule has 2 rings (SSSR count). The summed E-state index contributed by atoms with van der Waals surface area (Å²) in [4.78, 5) is 19.2. The van der Waals surface area contributed by atoms with Crippen molar-refractivity contribution in [3.8, 4) is 0 Å². The Kier molecular flexibility index (Phi) is 11.8. The summed E-state index contributed by atoms with van der Waals surface area (Å²) in [5.74, 6) is 1.30. The molecule has 170 valence electrons. The number of hydrogen-bond donors (Lipinski definition) is 2. The van der Waals surface area contributed by atoms with Crippen molar-refractivity contribution < 1.29 is 13.2 Å². The Labute approximate surface area is 193 Å². The SMILES string of the molecule is CCNC(=NCCCN(CC)S(C)(=O)=O)NC1CCN(C(=O)C2CCCC2)C1.I. The number of sulfonamides is 1. The van der Waals surface area contributed by atoms with Gasteiger partial charge in [0, 0.05) is 51.2 Å². The first-order valence-corrected chi connectivity index (χ1v) is 12.5. The summed E-state index contributed by atoms with van der Waals surface area (Å²) in [6.45, 7) is 7.67. The smallest absolute Gasteiger partial charge is 0.225 e. The van der Waals surface area contributed by atoms with E-state index in [0.717, 1.165) is 44.9 Å². The summed E-state index contributed by atoms with van der Waals surface area (Å²) in [6.07, 6.45) is 7.29. The second-order valence-electron chi connectivity index (χ2n) is 7.76. The van der Waals surface area contributed by atoms with Crippen LogP contribution in [0.3, 0.4) is 0 Å². The van der Waals surface area contributed by atoms with Crippen LogP contribution in [0.2, 0.25) is 0 Å². The number of guanidine groups is 1. The molecule has 1 atom stereocenters. The van der Waals surface area contributed by atoms with Crippen molar-refractivity contribution in [2.24, 2.45) is 10.9 Å². The normalized spacial score (nSPS) is 20.8. The van der Waals surface area contributed by atoms with Crippen molar-refractivity contribution in [1.29, 1.82) is 0 Å². The Morgan fingerprint density at radius 2 is 1.90 bits per heavy atom. The van der Waals surface area contributed by atoms with Crippen molar-refractivity contribution in [2.45, 2.75) is 58.4 Å². The Hall–Kier alpha value is -0.620. The van der Waals surface area contributed by atoms with Gasteiger partial charge in [-0.05, 0) is 32.6 Å². The monoisotopic (exact) mass is 543 g/mol. The van der Waals surface area contributed by atoms with E-state index in [9.17, 15) is 13.2 Å². The van der Waals surface area contributed by atoms with Crippen molar-refractivity contribution in [3.63, 3.8) is 0 Å². The molecule has 8 nitrogen and oxygen atoms in total. The third-order valence-corrected chi connectivity index (χ3v) is 6.93. The van der Waals surface area contributed by atoms with Gasteiger partial charge in [0.15, 0.2) is 5.96 Å². The zero-order chi connectivity index (χ0) is 20.6. The van der Waals surface area contributed by atoms with Gasteiger partial charge >= 0.3 is 0 Å². The zero-order valence-electron chi connectivity index (χ0n) is 18.0. The van der Waals surface area contributed by atoms with Gasteiger partial charge in [0.25, 0.3) is 0 Å². The summed E-state index contributed by atoms with van der Waals surface area (Å²) >= 11 is 0. The Balaban J connectivity index is 0.00000420. The molecule has 1 aliphatic heterocycles. The number of aliphatic imine (C=N–C) groups is 1. The van der Waals surface area contributed by atoms with Crippen LogP contribution in [0.25, 0.3) is 0 Å². The maximum atomic E-state index is 12.6. The van der Waals surface area contributed by atoms with Crippen LogP contribution in [0.5, 0.6) is 0 Å². The van der Waals surface area contributed by atoms with E-state index in [1.54, 1.807) is 0 Å². The average Bonchev–Trinajstić information content (AvgIpc) is 3.32. The lowest BCUT2D eigenvalue weighted by Crippen LogP contribution is -2.45. The van der Waals surface area contributed by atoms with Crippen LogP contribution in [-0.4, -0.2) is 81.1 Å². The molecule has 0 bridgehead atoms. The van der Waals surface area contributed by atoms with Crippen LogP contribution in [0.1, 0.15) is 52.4 Å². The van der Waals surface area contributed by atoms with E-state index in [1.807, 2.05) is 18.7 Å². The van der Waals surface area contributed by atoms with Gasteiger partial charge in [0.1, 0.15) is 0 Å². The molecule has 0 spiro atoms. The average molecular weight is 544 g/mol. The predicted molar refractivity (Wildman–Crippen MR) is 128 cm³/mol. The quantitative estimate of drug-likeness (QED) is 0.200. The lowest BCUT2D eigenvalue weighted by Gasteiger charge is -2.21. The maximum Gasteiger partial charge on any atom is 0.225 e. The summed E-state index contributed by atoms with van der Waals surface area (Å²) < 4.78 is 24.7. The van der Waals surface area contributed by atoms with Crippen LogP contribution < -0.4 is 10.6 Å². The lowest BCUT2D eigenvalue weighted by molar-refractivity contribution is -0.134. The molecule has 1 aliphatic carbocycles. The van der Waals surface area contributed by atoms with Crippen molar-refractivity contribution in [3.05, 3.63) is 0 Å². The molecule has 0 radical (unpaired) electrons. The van der Waals surface area contributed by atoms with Crippen LogP contribution >= 0.6 is 24.0 Å². The van der Waals surface area contributed by atoms with E-state index in [0.29, 0.717) is 32.0 Å². The van der Waals surface area contributed by atoms with Crippen LogP contribution in [-0.2, 0) is 14.8 Å². The minimum atomic E-state index is -3.15. The minimum Gasteiger partial charge on any atom is -0.357 e. The zero-order valence-corrected chi connectivity index (χ0v) is 21.2. The van der Waals surface area contributed by atoms with Gasteiger partial charge in [0.2, 0.25) is 15.9 Å². The number of carbonyl (C=O) groups excluding carboxylic acids is 1. The minimum absolute atomic E-state index is 0. The Morgan fingerprint density at radius 1 is 1.21 bits per heavy atom. The van der Waals surface area contributed by atoms with Gasteiger partial charge in [-0.25, -0.2) is 12.7 Å². The second kappa shape index (κ2) is 12.9. The first-order valence-electron chi connectivity index (χ1n) is 10.6. The molecule has 10 heteroatoms. The molecule has 0 aromatic heterocycles. The van der Waals surface area contributed by atoms with Crippen LogP contribution in [0.4, 0.5) is 0 Å². The largest absolute Gasteiger partial charge is 0.357 e. The van der Waals surface area contributed by atoms with Gasteiger partial charge < -0.3 is 15.5 Å². The standard InChI is InChI=1S/C19H37N5O3S.HI/c1-4-20-19(21-12-8-13-24(5-2)28(3,26)27)22-17-11-14-23(15-17)18(25)16-9-6-7-10-16;/h16-17H,4-15H2,1-3H3,(H2,20,21,22);1H. The molecular weight excluding hydrogens is 505 g/mol. The van der Waals surface area contributed by atoms with E-state index in [-0.39, 0.29) is 35.9 Å². The molecule has 2 fully saturated rings. The molecule has 1 saturated carbocycles. The van der Waals surface area contributed by atoms with E-state index in [1.165, 1.54) is 23.4 Å². The van der Waals surface area contributed by atoms with E-state index < -0.39 is 10.0 Å². The number of carbonyl (C=O) groups is 1. The topological polar surface area (TPSA) is 94.1 Å². The maximum absolute atomic E-state index is 12.6. The van der Waals surface area contributed by atoms with E-state index in [2.05, 4.69) is 15.6 Å². The van der Waals surface area contributed by atoms with Crippen LogP contribution in [0, 0.1) is 5.92 Å². The molecule has 29 heavy (non-hydrogen) atoms. The first-order chi connectivity index (χ1) is 13.3. The fourth-order valence-electron chi connectivity index (χ4n) is 4.02. The molecule has 1 amide bonds. The Morgan fingerprint density at radius 3 is 2.48 bits per heavy atom. The number of hydrogen-bond acceptors (Lipinski definition) is 4. The predicted octanol–water partition coefficient (Wildman–Crippen LogP) is 1.62. The molecular formula is C19H38IN5O3S. The molecule has 2 aliphatic rings. The molecule has 0 aromatic carbocycles. The van der Waals surface area contributed by atoms with Crippen molar-refractivity contribution in [1.82, 2.24) is 19.8 Å². The highest BCUT2D eigenvalue weighted by atomic mass is 127. The summed E-state index contributed by atoms with van der Waals surface area (Å²) in [5.41, 5.74) is 0. The molecule has 1 unspecified atom stereocenters. The fourth-order valence-corrected chi connectivity index (χ4v) is 4.95. The highest BCUT2D eigenvalue weighted by Gasteiger charge is 2.32. The first kappa shape index (κ1) is 26.4. The summed E-state index contributed by atoms with van der Waals surface area (Å²) in [7, 11) is -3.15. The highest BCUT2D eigenvalue weighted by molar-refractivity contribution is 14.0. The number of likely N-dealkylation sites (tertiary alicyclic amines) is 1. The van der Waals surface area contributed by atoms with Crippen molar-refractivity contribution in [2.75, 3.05) is 45.5 Å². The number of nitrogens with zero attached hydrogens (tertiary/aromatic N) is 3. The lowest BCUT2D eigenvalue weighted by atomic mass is 10.1. The summed E-state index contributed by atoms with van der Waals surface area (Å²) in [5, 5.41) is 6.68. The third kappa shape index (κ3) is 8.56. The number of amides is 1. The molecule has 1 heterocycles. The molecule has 1 saturated heterocycles. The fraction of sp³-hybridized carbons (Fsp3) is 0.895.